The van der Waals surface area contributed by atoms with Crippen LogP contribution in [-0.4, -0.2) is 52.8 Å². The maximum Gasteiger partial charge on any atom is 0.0716 e. The molecule has 0 amide bonds. The first-order valence-corrected chi connectivity index (χ1v) is 8.48. The van der Waals surface area contributed by atoms with E-state index in [0.717, 1.165) is 39.1 Å². The van der Waals surface area contributed by atoms with Gasteiger partial charge in [0.1, 0.15) is 0 Å². The van der Waals surface area contributed by atoms with Gasteiger partial charge in [0.2, 0.25) is 0 Å². The molecular formula is C18H31NO4. The Morgan fingerprint density at radius 3 is 1.87 bits per heavy atom. The summed E-state index contributed by atoms with van der Waals surface area (Å²) in [6.45, 7) is 6.11. The number of hydrogen-bond acceptors (Lipinski definition) is 5. The number of nitrogens with two attached hydrogens (primary N) is 1. The zero-order chi connectivity index (χ0) is 16.4. The summed E-state index contributed by atoms with van der Waals surface area (Å²) in [5.74, 6) is 0. The minimum absolute atomic E-state index is 0.561. The van der Waals surface area contributed by atoms with E-state index >= 15 is 0 Å². The minimum Gasteiger partial charge on any atom is -0.381 e. The van der Waals surface area contributed by atoms with Crippen LogP contribution in [-0.2, 0) is 25.6 Å². The third kappa shape index (κ3) is 13.2. The summed E-state index contributed by atoms with van der Waals surface area (Å²) < 4.78 is 21.8. The summed E-state index contributed by atoms with van der Waals surface area (Å²) >= 11 is 0. The fraction of sp³-hybridized carbons (Fsp3) is 0.667. The van der Waals surface area contributed by atoms with E-state index in [1.165, 1.54) is 5.56 Å². The fourth-order valence-electron chi connectivity index (χ4n) is 1.94. The first-order valence-electron chi connectivity index (χ1n) is 8.48. The molecule has 1 rings (SSSR count). The van der Waals surface area contributed by atoms with E-state index in [1.807, 2.05) is 18.2 Å². The summed E-state index contributed by atoms with van der Waals surface area (Å²) in [6.07, 6.45) is 2.98. The quantitative estimate of drug-likeness (QED) is 0.473. The van der Waals surface area contributed by atoms with E-state index in [2.05, 4.69) is 12.1 Å². The molecule has 0 unspecified atom stereocenters. The van der Waals surface area contributed by atoms with Gasteiger partial charge in [0, 0.05) is 33.0 Å². The summed E-state index contributed by atoms with van der Waals surface area (Å²) in [4.78, 5) is 0. The Morgan fingerprint density at radius 2 is 1.17 bits per heavy atom. The number of unbranched alkanes of at least 4 members (excludes halogenated alkanes) is 1. The molecule has 0 spiro atoms. The highest BCUT2D eigenvalue weighted by Crippen LogP contribution is 2.01. The molecule has 1 aromatic rings. The van der Waals surface area contributed by atoms with Gasteiger partial charge in [-0.2, -0.15) is 0 Å². The van der Waals surface area contributed by atoms with Crippen molar-refractivity contribution in [2.24, 2.45) is 5.73 Å². The second-order valence-electron chi connectivity index (χ2n) is 5.22. The first-order chi connectivity index (χ1) is 11.4. The number of benzene rings is 1. The molecule has 0 heterocycles. The van der Waals surface area contributed by atoms with E-state index in [4.69, 9.17) is 24.7 Å². The maximum atomic E-state index is 5.62. The summed E-state index contributed by atoms with van der Waals surface area (Å²) in [5.41, 5.74) is 6.53. The fourth-order valence-corrected chi connectivity index (χ4v) is 1.94. The van der Waals surface area contributed by atoms with Crippen LogP contribution in [0.15, 0.2) is 30.3 Å². The van der Waals surface area contributed by atoms with Crippen LogP contribution in [0.5, 0.6) is 0 Å². The molecular weight excluding hydrogens is 294 g/mol. The number of hydrogen-bond donors (Lipinski definition) is 1. The van der Waals surface area contributed by atoms with Gasteiger partial charge in [0.15, 0.2) is 0 Å². The normalized spacial score (nSPS) is 11.0. The van der Waals surface area contributed by atoms with Crippen molar-refractivity contribution in [1.29, 1.82) is 0 Å². The smallest absolute Gasteiger partial charge is 0.0716 e. The van der Waals surface area contributed by atoms with Crippen LogP contribution in [0.2, 0.25) is 0 Å². The standard InChI is InChI=1S/C18H31NO4/c19-9-14-22-16-15-21-13-6-12-20-10-4-5-11-23-17-18-7-2-1-3-8-18/h1-3,7-8H,4-6,9-17,19H2. The molecule has 0 aromatic heterocycles. The molecule has 0 aliphatic heterocycles. The Kier molecular flexibility index (Phi) is 13.9. The van der Waals surface area contributed by atoms with Gasteiger partial charge in [-0.05, 0) is 24.8 Å². The zero-order valence-corrected chi connectivity index (χ0v) is 14.1. The summed E-state index contributed by atoms with van der Waals surface area (Å²) in [6, 6.07) is 10.2. The average molecular weight is 325 g/mol. The maximum absolute atomic E-state index is 5.62. The van der Waals surface area contributed by atoms with Gasteiger partial charge in [0.05, 0.1) is 26.4 Å². The Morgan fingerprint density at radius 1 is 0.609 bits per heavy atom. The predicted octanol–water partition coefficient (Wildman–Crippen LogP) is 2.38. The van der Waals surface area contributed by atoms with Gasteiger partial charge in [-0.15, -0.1) is 0 Å². The Balaban J connectivity index is 1.72. The lowest BCUT2D eigenvalue weighted by Gasteiger charge is -2.07. The molecule has 23 heavy (non-hydrogen) atoms. The monoisotopic (exact) mass is 325 g/mol. The van der Waals surface area contributed by atoms with Crippen molar-refractivity contribution < 1.29 is 18.9 Å². The third-order valence-electron chi connectivity index (χ3n) is 3.15. The van der Waals surface area contributed by atoms with Crippen molar-refractivity contribution >= 4 is 0 Å². The van der Waals surface area contributed by atoms with Crippen molar-refractivity contribution in [3.8, 4) is 0 Å². The molecule has 2 N–H and O–H groups in total. The van der Waals surface area contributed by atoms with E-state index in [1.54, 1.807) is 0 Å². The molecule has 0 radical (unpaired) electrons. The molecule has 0 aliphatic rings. The van der Waals surface area contributed by atoms with Crippen molar-refractivity contribution in [3.05, 3.63) is 35.9 Å². The second kappa shape index (κ2) is 15.9. The summed E-state index contributed by atoms with van der Waals surface area (Å²) in [7, 11) is 0. The van der Waals surface area contributed by atoms with Crippen LogP contribution in [0.25, 0.3) is 0 Å². The van der Waals surface area contributed by atoms with Gasteiger partial charge in [-0.1, -0.05) is 30.3 Å². The largest absolute Gasteiger partial charge is 0.381 e. The Hall–Kier alpha value is -0.980. The van der Waals surface area contributed by atoms with Crippen LogP contribution in [0.3, 0.4) is 0 Å². The van der Waals surface area contributed by atoms with Crippen LogP contribution in [0.1, 0.15) is 24.8 Å². The minimum atomic E-state index is 0.561. The van der Waals surface area contributed by atoms with Gasteiger partial charge >= 0.3 is 0 Å². The van der Waals surface area contributed by atoms with Crippen LogP contribution in [0, 0.1) is 0 Å². The lowest BCUT2D eigenvalue weighted by Crippen LogP contribution is -2.12. The molecule has 5 heteroatoms. The topological polar surface area (TPSA) is 62.9 Å². The molecule has 0 aliphatic carbocycles. The van der Waals surface area contributed by atoms with Crippen molar-refractivity contribution in [3.63, 3.8) is 0 Å². The number of rotatable bonds is 16. The van der Waals surface area contributed by atoms with Crippen LogP contribution >= 0.6 is 0 Å². The van der Waals surface area contributed by atoms with E-state index < -0.39 is 0 Å². The van der Waals surface area contributed by atoms with Gasteiger partial charge in [-0.3, -0.25) is 0 Å². The molecule has 0 saturated carbocycles. The van der Waals surface area contributed by atoms with Gasteiger partial charge in [0.25, 0.3) is 0 Å². The Labute approximate surface area is 140 Å². The lowest BCUT2D eigenvalue weighted by atomic mass is 10.2. The van der Waals surface area contributed by atoms with Crippen molar-refractivity contribution in [2.45, 2.75) is 25.9 Å². The predicted molar refractivity (Wildman–Crippen MR) is 91.5 cm³/mol. The highest BCUT2D eigenvalue weighted by Gasteiger charge is 1.94. The Bertz CT molecular complexity index is 348. The SMILES string of the molecule is NCCOCCOCCCOCCCCOCc1ccccc1. The molecule has 1 aromatic carbocycles. The lowest BCUT2D eigenvalue weighted by molar-refractivity contribution is 0.0365. The molecule has 132 valence electrons. The molecule has 0 fully saturated rings. The van der Waals surface area contributed by atoms with Crippen molar-refractivity contribution in [2.75, 3.05) is 52.8 Å². The van der Waals surface area contributed by atoms with Crippen LogP contribution in [0.4, 0.5) is 0 Å². The highest BCUT2D eigenvalue weighted by atomic mass is 16.5. The van der Waals surface area contributed by atoms with E-state index in [0.29, 0.717) is 39.6 Å². The second-order valence-corrected chi connectivity index (χ2v) is 5.22. The molecule has 0 bridgehead atoms. The van der Waals surface area contributed by atoms with Gasteiger partial charge in [-0.25, -0.2) is 0 Å². The van der Waals surface area contributed by atoms with E-state index in [-0.39, 0.29) is 0 Å². The number of ether oxygens (including phenoxy) is 4. The highest BCUT2D eigenvalue weighted by molar-refractivity contribution is 5.13. The van der Waals surface area contributed by atoms with Crippen molar-refractivity contribution in [1.82, 2.24) is 0 Å². The third-order valence-corrected chi connectivity index (χ3v) is 3.15. The van der Waals surface area contributed by atoms with Crippen LogP contribution < -0.4 is 5.73 Å². The zero-order valence-electron chi connectivity index (χ0n) is 14.1. The summed E-state index contributed by atoms with van der Waals surface area (Å²) in [5, 5.41) is 0. The first kappa shape index (κ1) is 20.1. The molecule has 0 saturated heterocycles. The van der Waals surface area contributed by atoms with Gasteiger partial charge < -0.3 is 24.7 Å². The molecule has 5 nitrogen and oxygen atoms in total. The average Bonchev–Trinajstić information content (AvgIpc) is 2.59. The molecule has 0 atom stereocenters. The van der Waals surface area contributed by atoms with E-state index in [9.17, 15) is 0 Å².